The van der Waals surface area contributed by atoms with Crippen LogP contribution in [0.4, 0.5) is 0 Å². The van der Waals surface area contributed by atoms with Gasteiger partial charge in [-0.05, 0) is 17.7 Å². The van der Waals surface area contributed by atoms with Crippen molar-refractivity contribution in [3.05, 3.63) is 24.0 Å². The van der Waals surface area contributed by atoms with Crippen LogP contribution in [0.3, 0.4) is 0 Å². The van der Waals surface area contributed by atoms with Crippen molar-refractivity contribution in [3.63, 3.8) is 0 Å². The molecule has 0 aromatic heterocycles. The van der Waals surface area contributed by atoms with E-state index >= 15 is 0 Å². The molecule has 0 saturated carbocycles. The second-order valence-corrected chi connectivity index (χ2v) is 6.00. The molecular formula is C15H20O9. The van der Waals surface area contributed by atoms with Gasteiger partial charge in [0.15, 0.2) is 12.1 Å². The minimum atomic E-state index is -1.58. The van der Waals surface area contributed by atoms with E-state index in [1.807, 2.05) is 0 Å². The number of aliphatic hydroxyl groups is 5. The first-order chi connectivity index (χ1) is 11.5. The van der Waals surface area contributed by atoms with E-state index in [9.17, 15) is 30.3 Å². The highest BCUT2D eigenvalue weighted by molar-refractivity contribution is 5.97. The fraction of sp³-hybridized carbons (Fsp3) is 0.667. The molecule has 8 atom stereocenters. The Hall–Kier alpha value is -1.33. The number of ether oxygens (including phenoxy) is 3. The van der Waals surface area contributed by atoms with Crippen LogP contribution >= 0.6 is 0 Å². The zero-order chi connectivity index (χ0) is 17.4. The number of allylic oxidation sites excluding steroid dienone is 2. The molecule has 0 unspecified atom stereocenters. The van der Waals surface area contributed by atoms with Gasteiger partial charge in [-0.3, -0.25) is 4.79 Å². The summed E-state index contributed by atoms with van der Waals surface area (Å²) in [6.07, 6.45) is -3.99. The van der Waals surface area contributed by atoms with E-state index in [1.54, 1.807) is 6.08 Å². The minimum absolute atomic E-state index is 0.189. The molecule has 134 valence electrons. The molecule has 0 bridgehead atoms. The van der Waals surface area contributed by atoms with Crippen molar-refractivity contribution in [3.8, 4) is 0 Å². The molecule has 3 rings (SSSR count). The van der Waals surface area contributed by atoms with Crippen molar-refractivity contribution in [2.75, 3.05) is 13.2 Å². The molecule has 0 radical (unpaired) electrons. The predicted molar refractivity (Wildman–Crippen MR) is 76.0 cm³/mol. The Morgan fingerprint density at radius 3 is 2.50 bits per heavy atom. The number of aliphatic hydroxyl groups excluding tert-OH is 5. The first-order valence-electron chi connectivity index (χ1n) is 7.61. The van der Waals surface area contributed by atoms with Gasteiger partial charge in [0.25, 0.3) is 0 Å². The zero-order valence-corrected chi connectivity index (χ0v) is 12.6. The molecule has 2 heterocycles. The van der Waals surface area contributed by atoms with Crippen molar-refractivity contribution in [2.24, 2.45) is 11.8 Å². The summed E-state index contributed by atoms with van der Waals surface area (Å²) in [5.74, 6) is -1.32. The van der Waals surface area contributed by atoms with Gasteiger partial charge in [0.1, 0.15) is 24.4 Å². The first-order valence-corrected chi connectivity index (χ1v) is 7.61. The summed E-state index contributed by atoms with van der Waals surface area (Å²) in [4.78, 5) is 11.9. The average Bonchev–Trinajstić information content (AvgIpc) is 2.92. The summed E-state index contributed by atoms with van der Waals surface area (Å²) in [5, 5.41) is 48.2. The number of fused-ring (bicyclic) bond motifs is 1. The molecule has 1 aliphatic carbocycles. The van der Waals surface area contributed by atoms with Gasteiger partial charge >= 0.3 is 0 Å². The molecule has 3 aliphatic rings. The summed E-state index contributed by atoms with van der Waals surface area (Å²) >= 11 is 0. The highest BCUT2D eigenvalue weighted by Crippen LogP contribution is 2.39. The van der Waals surface area contributed by atoms with E-state index in [-0.39, 0.29) is 12.4 Å². The third-order valence-corrected chi connectivity index (χ3v) is 4.56. The third-order valence-electron chi connectivity index (χ3n) is 4.56. The maximum atomic E-state index is 11.9. The molecule has 0 amide bonds. The van der Waals surface area contributed by atoms with Gasteiger partial charge in [0, 0.05) is 0 Å². The van der Waals surface area contributed by atoms with Crippen LogP contribution in [0.5, 0.6) is 0 Å². The molecule has 2 aliphatic heterocycles. The van der Waals surface area contributed by atoms with Gasteiger partial charge in [-0.1, -0.05) is 0 Å². The van der Waals surface area contributed by atoms with Gasteiger partial charge in [0.05, 0.1) is 31.3 Å². The molecule has 1 saturated heterocycles. The van der Waals surface area contributed by atoms with Gasteiger partial charge < -0.3 is 39.7 Å². The summed E-state index contributed by atoms with van der Waals surface area (Å²) < 4.78 is 16.2. The monoisotopic (exact) mass is 344 g/mol. The fourth-order valence-electron chi connectivity index (χ4n) is 3.21. The Labute approximate surface area is 137 Å². The Balaban J connectivity index is 1.76. The van der Waals surface area contributed by atoms with E-state index in [4.69, 9.17) is 14.2 Å². The summed E-state index contributed by atoms with van der Waals surface area (Å²) in [6, 6.07) is 0. The zero-order valence-electron chi connectivity index (χ0n) is 12.6. The number of rotatable bonds is 4. The minimum Gasteiger partial charge on any atom is -0.472 e. The van der Waals surface area contributed by atoms with Crippen molar-refractivity contribution in [2.45, 2.75) is 37.0 Å². The van der Waals surface area contributed by atoms with Crippen molar-refractivity contribution >= 4 is 5.78 Å². The SMILES string of the molecule is O=C1C=C(CO)[C@H]2[C@H](O[C@@H]3O[C@H](CO)[C@@H](O)[C@H](O)[C@H]3O)OC=C[C@@H]12. The van der Waals surface area contributed by atoms with Crippen molar-refractivity contribution in [1.29, 1.82) is 0 Å². The second kappa shape index (κ2) is 6.89. The van der Waals surface area contributed by atoms with Gasteiger partial charge in [-0.25, -0.2) is 0 Å². The molecule has 1 fully saturated rings. The van der Waals surface area contributed by atoms with E-state index in [0.717, 1.165) is 0 Å². The lowest BCUT2D eigenvalue weighted by Crippen LogP contribution is -2.60. The number of ketones is 1. The smallest absolute Gasteiger partial charge is 0.209 e. The predicted octanol–water partition coefficient (Wildman–Crippen LogP) is -2.59. The Bertz CT molecular complexity index is 543. The van der Waals surface area contributed by atoms with Gasteiger partial charge in [-0.2, -0.15) is 0 Å². The Morgan fingerprint density at radius 1 is 1.08 bits per heavy atom. The quantitative estimate of drug-likeness (QED) is 0.371. The normalized spacial score (nSPS) is 44.9. The molecular weight excluding hydrogens is 324 g/mol. The van der Waals surface area contributed by atoms with Crippen LogP contribution in [0.25, 0.3) is 0 Å². The lowest BCUT2D eigenvalue weighted by Gasteiger charge is -2.42. The topological polar surface area (TPSA) is 146 Å². The lowest BCUT2D eigenvalue weighted by molar-refractivity contribution is -0.339. The van der Waals surface area contributed by atoms with E-state index in [2.05, 4.69) is 0 Å². The Morgan fingerprint density at radius 2 is 1.83 bits per heavy atom. The standard InChI is InChI=1S/C15H20O9/c16-4-6-3-8(18)7-1-2-22-14(10(6)7)24-15-13(21)12(20)11(19)9(5-17)23-15/h1-3,7,9-17,19-21H,4-5H2/t7-,9+,10+,11+,12-,13+,14-,15-/m0/s1. The van der Waals surface area contributed by atoms with Crippen LogP contribution in [0.2, 0.25) is 0 Å². The van der Waals surface area contributed by atoms with Gasteiger partial charge in [0.2, 0.25) is 6.29 Å². The highest BCUT2D eigenvalue weighted by atomic mass is 16.8. The number of hydrogen-bond donors (Lipinski definition) is 5. The molecule has 0 aromatic rings. The lowest BCUT2D eigenvalue weighted by atomic mass is 9.88. The average molecular weight is 344 g/mol. The fourth-order valence-corrected chi connectivity index (χ4v) is 3.21. The van der Waals surface area contributed by atoms with Crippen LogP contribution < -0.4 is 0 Å². The number of carbonyl (C=O) groups excluding carboxylic acids is 1. The molecule has 5 N–H and O–H groups in total. The van der Waals surface area contributed by atoms with Crippen LogP contribution in [-0.2, 0) is 19.0 Å². The van der Waals surface area contributed by atoms with E-state index in [1.165, 1.54) is 12.3 Å². The molecule has 0 aromatic carbocycles. The molecule has 24 heavy (non-hydrogen) atoms. The highest BCUT2D eigenvalue weighted by Gasteiger charge is 2.49. The van der Waals surface area contributed by atoms with Crippen molar-refractivity contribution in [1.82, 2.24) is 0 Å². The van der Waals surface area contributed by atoms with Crippen LogP contribution in [-0.4, -0.2) is 81.5 Å². The van der Waals surface area contributed by atoms with E-state index < -0.39 is 55.4 Å². The maximum Gasteiger partial charge on any atom is 0.209 e. The molecule has 0 spiro atoms. The number of carbonyl (C=O) groups is 1. The third kappa shape index (κ3) is 2.88. The van der Waals surface area contributed by atoms with Crippen LogP contribution in [0.1, 0.15) is 0 Å². The maximum absolute atomic E-state index is 11.9. The molecule has 9 nitrogen and oxygen atoms in total. The summed E-state index contributed by atoms with van der Waals surface area (Å²) in [7, 11) is 0. The van der Waals surface area contributed by atoms with E-state index in [0.29, 0.717) is 5.57 Å². The van der Waals surface area contributed by atoms with Crippen LogP contribution in [0, 0.1) is 11.8 Å². The second-order valence-electron chi connectivity index (χ2n) is 6.00. The Kier molecular flexibility index (Phi) is 5.02. The van der Waals surface area contributed by atoms with Gasteiger partial charge in [-0.15, -0.1) is 0 Å². The summed E-state index contributed by atoms with van der Waals surface area (Å²) in [6.45, 7) is -0.929. The largest absolute Gasteiger partial charge is 0.472 e. The molecule has 9 heteroatoms. The first kappa shape index (κ1) is 17.5. The summed E-state index contributed by atoms with van der Waals surface area (Å²) in [5.41, 5.74) is 0.434. The van der Waals surface area contributed by atoms with Crippen LogP contribution in [0.15, 0.2) is 24.0 Å². The number of hydrogen-bond acceptors (Lipinski definition) is 9. The van der Waals surface area contributed by atoms with Crippen molar-refractivity contribution < 1.29 is 44.5 Å².